The lowest BCUT2D eigenvalue weighted by Gasteiger charge is -2.10. The molecule has 27 heavy (non-hydrogen) atoms. The van der Waals surface area contributed by atoms with Gasteiger partial charge in [0.25, 0.3) is 0 Å². The molecule has 0 spiro atoms. The molecular weight excluding hydrogens is 338 g/mol. The summed E-state index contributed by atoms with van der Waals surface area (Å²) in [6, 6.07) is 19.8. The first kappa shape index (κ1) is 17.1. The van der Waals surface area contributed by atoms with Crippen molar-refractivity contribution < 1.29 is 9.53 Å². The third-order valence-electron chi connectivity index (χ3n) is 4.49. The lowest BCUT2D eigenvalue weighted by atomic mass is 10.0. The molecule has 5 heteroatoms. The smallest absolute Gasteiger partial charge is 0.163 e. The molecule has 0 N–H and O–H groups in total. The zero-order chi connectivity index (χ0) is 18.8. The fourth-order valence-corrected chi connectivity index (χ4v) is 3.30. The average molecular weight is 357 g/mol. The van der Waals surface area contributed by atoms with Crippen LogP contribution in [0, 0.1) is 0 Å². The van der Waals surface area contributed by atoms with Gasteiger partial charge in [-0.3, -0.25) is 4.79 Å². The molecule has 2 aromatic carbocycles. The van der Waals surface area contributed by atoms with Crippen LogP contribution in [0.5, 0.6) is 0 Å². The van der Waals surface area contributed by atoms with Crippen LogP contribution in [0.4, 0.5) is 0 Å². The minimum Gasteiger partial charge on any atom is -0.378 e. The minimum absolute atomic E-state index is 0.0479. The zero-order valence-electron chi connectivity index (χ0n) is 15.2. The summed E-state index contributed by atoms with van der Waals surface area (Å²) in [6.45, 7) is 1.91. The third kappa shape index (κ3) is 3.02. The minimum atomic E-state index is -0.0479. The van der Waals surface area contributed by atoms with Gasteiger partial charge < -0.3 is 4.74 Å². The summed E-state index contributed by atoms with van der Waals surface area (Å²) in [5.74, 6) is -0.0479. The van der Waals surface area contributed by atoms with Crippen LogP contribution in [-0.4, -0.2) is 27.5 Å². The van der Waals surface area contributed by atoms with Crippen LogP contribution >= 0.6 is 0 Å². The quantitative estimate of drug-likeness (QED) is 0.496. The highest BCUT2D eigenvalue weighted by molar-refractivity contribution is 6.00. The second-order valence-corrected chi connectivity index (χ2v) is 6.30. The molecule has 4 rings (SSSR count). The summed E-state index contributed by atoms with van der Waals surface area (Å²) in [5.41, 5.74) is 5.63. The predicted molar refractivity (Wildman–Crippen MR) is 105 cm³/mol. The Labute approximate surface area is 157 Å². The molecule has 0 fully saturated rings. The van der Waals surface area contributed by atoms with E-state index >= 15 is 0 Å². The number of fused-ring (bicyclic) bond motifs is 1. The van der Waals surface area contributed by atoms with Crippen molar-refractivity contribution in [1.29, 1.82) is 0 Å². The number of benzene rings is 2. The Morgan fingerprint density at radius 3 is 2.22 bits per heavy atom. The van der Waals surface area contributed by atoms with E-state index in [9.17, 15) is 4.79 Å². The van der Waals surface area contributed by atoms with Gasteiger partial charge in [-0.05, 0) is 12.5 Å². The van der Waals surface area contributed by atoms with Gasteiger partial charge in [-0.2, -0.15) is 5.10 Å². The molecule has 0 bridgehead atoms. The van der Waals surface area contributed by atoms with Gasteiger partial charge in [0.05, 0.1) is 29.1 Å². The molecule has 0 aliphatic heterocycles. The highest BCUT2D eigenvalue weighted by atomic mass is 16.5. The van der Waals surface area contributed by atoms with Crippen LogP contribution < -0.4 is 0 Å². The second-order valence-electron chi connectivity index (χ2n) is 6.30. The van der Waals surface area contributed by atoms with Crippen LogP contribution in [-0.2, 0) is 11.3 Å². The van der Waals surface area contributed by atoms with Gasteiger partial charge >= 0.3 is 0 Å². The van der Waals surface area contributed by atoms with E-state index in [2.05, 4.69) is 4.98 Å². The van der Waals surface area contributed by atoms with Gasteiger partial charge in [0.15, 0.2) is 11.4 Å². The SMILES string of the molecule is COCc1nn2c(-c3ccccc3)c(C(C)=O)cnc2c1-c1ccccc1. The Morgan fingerprint density at radius 1 is 1.00 bits per heavy atom. The monoisotopic (exact) mass is 357 g/mol. The van der Waals surface area contributed by atoms with Crippen LogP contribution in [0.3, 0.4) is 0 Å². The standard InChI is InChI=1S/C22H19N3O2/c1-15(26)18-13-23-22-20(16-9-5-3-6-10-16)19(14-27-2)24-25(22)21(18)17-11-7-4-8-12-17/h3-13H,14H2,1-2H3. The van der Waals surface area contributed by atoms with E-state index in [-0.39, 0.29) is 5.78 Å². The summed E-state index contributed by atoms with van der Waals surface area (Å²) in [6.07, 6.45) is 1.64. The summed E-state index contributed by atoms with van der Waals surface area (Å²) < 4.78 is 7.14. The van der Waals surface area contributed by atoms with Crippen molar-refractivity contribution in [1.82, 2.24) is 14.6 Å². The fraction of sp³-hybridized carbons (Fsp3) is 0.136. The number of rotatable bonds is 5. The lowest BCUT2D eigenvalue weighted by Crippen LogP contribution is -2.05. The Balaban J connectivity index is 2.09. The van der Waals surface area contributed by atoms with Gasteiger partial charge in [0, 0.05) is 18.9 Å². The van der Waals surface area contributed by atoms with Crippen molar-refractivity contribution in [2.24, 2.45) is 0 Å². The number of hydrogen-bond acceptors (Lipinski definition) is 4. The molecule has 0 unspecified atom stereocenters. The first-order chi connectivity index (χ1) is 13.2. The van der Waals surface area contributed by atoms with Crippen molar-refractivity contribution in [3.8, 4) is 22.4 Å². The molecule has 0 saturated carbocycles. The molecule has 0 aliphatic rings. The highest BCUT2D eigenvalue weighted by Crippen LogP contribution is 2.32. The number of ketones is 1. The molecule has 0 amide bonds. The number of Topliss-reactive ketones (excluding diaryl/α,β-unsaturated/α-hetero) is 1. The topological polar surface area (TPSA) is 56.5 Å². The maximum Gasteiger partial charge on any atom is 0.163 e. The number of methoxy groups -OCH3 is 1. The van der Waals surface area contributed by atoms with Crippen molar-refractivity contribution in [2.45, 2.75) is 13.5 Å². The van der Waals surface area contributed by atoms with Crippen LogP contribution in [0.15, 0.2) is 66.9 Å². The fourth-order valence-electron chi connectivity index (χ4n) is 3.30. The van der Waals surface area contributed by atoms with Crippen molar-refractivity contribution in [3.05, 3.63) is 78.1 Å². The number of carbonyl (C=O) groups excluding carboxylic acids is 1. The van der Waals surface area contributed by atoms with Crippen molar-refractivity contribution in [2.75, 3.05) is 7.11 Å². The van der Waals surface area contributed by atoms with Gasteiger partial charge in [0.1, 0.15) is 0 Å². The average Bonchev–Trinajstić information content (AvgIpc) is 3.06. The number of nitrogens with zero attached hydrogens (tertiary/aromatic N) is 3. The summed E-state index contributed by atoms with van der Waals surface area (Å²) in [4.78, 5) is 16.9. The first-order valence-corrected chi connectivity index (χ1v) is 8.72. The normalized spacial score (nSPS) is 11.0. The van der Waals surface area contributed by atoms with Gasteiger partial charge in [0.2, 0.25) is 0 Å². The molecule has 0 atom stereocenters. The largest absolute Gasteiger partial charge is 0.378 e. The molecule has 5 nitrogen and oxygen atoms in total. The number of aromatic nitrogens is 3. The number of carbonyl (C=O) groups is 1. The van der Waals surface area contributed by atoms with Crippen LogP contribution in [0.1, 0.15) is 23.0 Å². The third-order valence-corrected chi connectivity index (χ3v) is 4.49. The molecule has 2 aromatic heterocycles. The van der Waals surface area contributed by atoms with E-state index in [1.165, 1.54) is 0 Å². The Hall–Kier alpha value is -3.31. The van der Waals surface area contributed by atoms with E-state index in [1.54, 1.807) is 24.7 Å². The maximum atomic E-state index is 12.3. The van der Waals surface area contributed by atoms with Crippen LogP contribution in [0.25, 0.3) is 28.0 Å². The summed E-state index contributed by atoms with van der Waals surface area (Å²) in [5, 5.41) is 4.78. The second kappa shape index (κ2) is 7.13. The molecule has 0 aliphatic carbocycles. The van der Waals surface area contributed by atoms with E-state index in [4.69, 9.17) is 9.84 Å². The van der Waals surface area contributed by atoms with E-state index in [0.717, 1.165) is 28.1 Å². The zero-order valence-corrected chi connectivity index (χ0v) is 15.2. The lowest BCUT2D eigenvalue weighted by molar-refractivity contribution is 0.101. The molecule has 4 aromatic rings. The number of hydrogen-bond donors (Lipinski definition) is 0. The van der Waals surface area contributed by atoms with Gasteiger partial charge in [-0.15, -0.1) is 0 Å². The molecular formula is C22H19N3O2. The summed E-state index contributed by atoms with van der Waals surface area (Å²) >= 11 is 0. The molecule has 0 saturated heterocycles. The molecule has 134 valence electrons. The predicted octanol–water partition coefficient (Wildman–Crippen LogP) is 4.41. The maximum absolute atomic E-state index is 12.3. The van der Waals surface area contributed by atoms with E-state index in [1.807, 2.05) is 60.7 Å². The molecule has 2 heterocycles. The van der Waals surface area contributed by atoms with Gasteiger partial charge in [-0.25, -0.2) is 9.50 Å². The molecule has 0 radical (unpaired) electrons. The Bertz CT molecular complexity index is 1100. The first-order valence-electron chi connectivity index (χ1n) is 8.72. The van der Waals surface area contributed by atoms with Crippen LogP contribution in [0.2, 0.25) is 0 Å². The number of ether oxygens (including phenoxy) is 1. The Morgan fingerprint density at radius 2 is 1.63 bits per heavy atom. The van der Waals surface area contributed by atoms with E-state index < -0.39 is 0 Å². The highest BCUT2D eigenvalue weighted by Gasteiger charge is 2.21. The summed E-state index contributed by atoms with van der Waals surface area (Å²) in [7, 11) is 1.64. The van der Waals surface area contributed by atoms with Gasteiger partial charge in [-0.1, -0.05) is 60.7 Å². The van der Waals surface area contributed by atoms with E-state index in [0.29, 0.717) is 17.8 Å². The Kier molecular flexibility index (Phi) is 4.52. The van der Waals surface area contributed by atoms with Crippen molar-refractivity contribution in [3.63, 3.8) is 0 Å². The van der Waals surface area contributed by atoms with Crippen molar-refractivity contribution >= 4 is 11.4 Å².